The molecule has 2 aromatic heterocycles. The zero-order valence-electron chi connectivity index (χ0n) is 8.32. The average Bonchev–Trinajstić information content (AvgIpc) is 2.84. The molecule has 2 aromatic rings. The highest BCUT2D eigenvalue weighted by Gasteiger charge is 2.14. The molecule has 1 atom stereocenters. The Hall–Kier alpha value is -0.0600. The van der Waals surface area contributed by atoms with Crippen LogP contribution in [0.3, 0.4) is 0 Å². The highest BCUT2D eigenvalue weighted by atomic mass is 35.5. The molecule has 16 heavy (non-hydrogen) atoms. The van der Waals surface area contributed by atoms with Crippen molar-refractivity contribution in [1.82, 2.24) is 0 Å². The molecule has 86 valence electrons. The number of aliphatic hydroxyl groups excluding tert-OH is 1. The molecule has 1 unspecified atom stereocenters. The predicted molar refractivity (Wildman–Crippen MR) is 71.9 cm³/mol. The highest BCUT2D eigenvalue weighted by Crippen LogP contribution is 2.36. The van der Waals surface area contributed by atoms with Gasteiger partial charge in [-0.15, -0.1) is 11.3 Å². The minimum Gasteiger partial charge on any atom is -0.388 e. The molecule has 0 fully saturated rings. The monoisotopic (exact) mass is 292 g/mol. The van der Waals surface area contributed by atoms with Crippen LogP contribution in [0.2, 0.25) is 8.67 Å². The number of aryl methyl sites for hydroxylation is 1. The Bertz CT molecular complexity index is 451. The molecule has 0 aliphatic rings. The van der Waals surface area contributed by atoms with Gasteiger partial charge in [0.15, 0.2) is 0 Å². The Morgan fingerprint density at radius 2 is 2.19 bits per heavy atom. The maximum absolute atomic E-state index is 9.98. The zero-order chi connectivity index (χ0) is 11.5. The van der Waals surface area contributed by atoms with E-state index in [0.717, 1.165) is 12.0 Å². The van der Waals surface area contributed by atoms with E-state index in [1.165, 1.54) is 16.9 Å². The molecule has 1 nitrogen and oxygen atoms in total. The van der Waals surface area contributed by atoms with Gasteiger partial charge in [0.2, 0.25) is 0 Å². The van der Waals surface area contributed by atoms with Gasteiger partial charge in [-0.3, -0.25) is 0 Å². The van der Waals surface area contributed by atoms with Crippen molar-refractivity contribution in [3.63, 3.8) is 0 Å². The van der Waals surface area contributed by atoms with Crippen LogP contribution >= 0.6 is 45.9 Å². The third-order valence-electron chi connectivity index (χ3n) is 2.33. The fraction of sp³-hybridized carbons (Fsp3) is 0.273. The minimum absolute atomic E-state index is 0.531. The molecule has 0 saturated heterocycles. The van der Waals surface area contributed by atoms with Gasteiger partial charge in [-0.05, 0) is 41.3 Å². The number of aliphatic hydroxyl groups is 1. The fourth-order valence-electron chi connectivity index (χ4n) is 1.47. The van der Waals surface area contributed by atoms with E-state index in [4.69, 9.17) is 23.2 Å². The van der Waals surface area contributed by atoms with Crippen molar-refractivity contribution >= 4 is 45.9 Å². The topological polar surface area (TPSA) is 20.2 Å². The van der Waals surface area contributed by atoms with E-state index in [1.807, 2.05) is 5.38 Å². The number of thiophene rings is 2. The van der Waals surface area contributed by atoms with E-state index in [2.05, 4.69) is 11.4 Å². The summed E-state index contributed by atoms with van der Waals surface area (Å²) in [6, 6.07) is 3.81. The summed E-state index contributed by atoms with van der Waals surface area (Å²) < 4.78 is 1.21. The van der Waals surface area contributed by atoms with Crippen LogP contribution in [-0.4, -0.2) is 5.11 Å². The van der Waals surface area contributed by atoms with E-state index in [-0.39, 0.29) is 0 Å². The molecule has 0 aliphatic carbocycles. The molecule has 0 aliphatic heterocycles. The van der Waals surface area contributed by atoms with E-state index >= 15 is 0 Å². The molecule has 0 amide bonds. The van der Waals surface area contributed by atoms with Crippen molar-refractivity contribution in [1.29, 1.82) is 0 Å². The number of hydrogen-bond acceptors (Lipinski definition) is 3. The van der Waals surface area contributed by atoms with Gasteiger partial charge in [0.25, 0.3) is 0 Å². The lowest BCUT2D eigenvalue weighted by molar-refractivity contribution is 0.168. The van der Waals surface area contributed by atoms with E-state index < -0.39 is 6.10 Å². The minimum atomic E-state index is -0.531. The van der Waals surface area contributed by atoms with Crippen molar-refractivity contribution in [2.75, 3.05) is 0 Å². The first kappa shape index (κ1) is 12.4. The van der Waals surface area contributed by atoms with Crippen molar-refractivity contribution in [2.24, 2.45) is 0 Å². The standard InChI is InChI=1S/C11H10Cl2OS2/c12-10-5-8(11(13)16-10)9(14)2-1-7-3-4-15-6-7/h3-6,9,14H,1-2H2. The molecule has 0 saturated carbocycles. The Balaban J connectivity index is 1.98. The van der Waals surface area contributed by atoms with Crippen LogP contribution in [0.5, 0.6) is 0 Å². The van der Waals surface area contributed by atoms with Crippen molar-refractivity contribution in [3.8, 4) is 0 Å². The third kappa shape index (κ3) is 2.99. The summed E-state index contributed by atoms with van der Waals surface area (Å²) in [5.74, 6) is 0. The zero-order valence-corrected chi connectivity index (χ0v) is 11.5. The van der Waals surface area contributed by atoms with Gasteiger partial charge in [0.05, 0.1) is 10.4 Å². The molecule has 1 N–H and O–H groups in total. The van der Waals surface area contributed by atoms with Crippen LogP contribution in [-0.2, 0) is 6.42 Å². The molecule has 0 radical (unpaired) electrons. The third-order valence-corrected chi connectivity index (χ3v) is 4.58. The molecule has 5 heteroatoms. The lowest BCUT2D eigenvalue weighted by atomic mass is 10.1. The molecule has 2 rings (SSSR count). The van der Waals surface area contributed by atoms with Gasteiger partial charge in [-0.25, -0.2) is 0 Å². The molecule has 0 aromatic carbocycles. The van der Waals surface area contributed by atoms with Crippen LogP contribution in [0.1, 0.15) is 23.7 Å². The van der Waals surface area contributed by atoms with Gasteiger partial charge < -0.3 is 5.11 Å². The summed E-state index contributed by atoms with van der Waals surface area (Å²) in [6.45, 7) is 0. The lowest BCUT2D eigenvalue weighted by Crippen LogP contribution is -1.98. The maximum Gasteiger partial charge on any atom is 0.100 e. The van der Waals surface area contributed by atoms with E-state index in [9.17, 15) is 5.11 Å². The summed E-state index contributed by atoms with van der Waals surface area (Å²) in [5.41, 5.74) is 1.99. The van der Waals surface area contributed by atoms with Gasteiger partial charge in [0.1, 0.15) is 4.34 Å². The van der Waals surface area contributed by atoms with Gasteiger partial charge in [0, 0.05) is 5.56 Å². The van der Waals surface area contributed by atoms with Crippen LogP contribution in [0.4, 0.5) is 0 Å². The predicted octanol–water partition coefficient (Wildman–Crippen LogP) is 4.78. The largest absolute Gasteiger partial charge is 0.388 e. The number of halogens is 2. The SMILES string of the molecule is OC(CCc1ccsc1)c1cc(Cl)sc1Cl. The Morgan fingerprint density at radius 3 is 2.75 bits per heavy atom. The smallest absolute Gasteiger partial charge is 0.100 e. The van der Waals surface area contributed by atoms with Crippen LogP contribution in [0.15, 0.2) is 22.9 Å². The molecule has 0 bridgehead atoms. The Labute approximate surface area is 112 Å². The molecular weight excluding hydrogens is 283 g/mol. The first-order valence-corrected chi connectivity index (χ1v) is 7.32. The first-order valence-electron chi connectivity index (χ1n) is 4.80. The average molecular weight is 293 g/mol. The summed E-state index contributed by atoms with van der Waals surface area (Å²) >= 11 is 14.8. The molecule has 0 spiro atoms. The second-order valence-electron chi connectivity index (χ2n) is 3.47. The summed E-state index contributed by atoms with van der Waals surface area (Å²) in [6.07, 6.45) is 0.994. The maximum atomic E-state index is 9.98. The normalized spacial score (nSPS) is 12.9. The van der Waals surface area contributed by atoms with Crippen molar-refractivity contribution in [2.45, 2.75) is 18.9 Å². The van der Waals surface area contributed by atoms with Crippen LogP contribution in [0.25, 0.3) is 0 Å². The quantitative estimate of drug-likeness (QED) is 0.860. The van der Waals surface area contributed by atoms with E-state index in [0.29, 0.717) is 15.1 Å². The first-order chi connectivity index (χ1) is 7.66. The fourth-order valence-corrected chi connectivity index (χ4v) is 3.74. The van der Waals surface area contributed by atoms with Crippen molar-refractivity contribution < 1.29 is 5.11 Å². The van der Waals surface area contributed by atoms with Crippen molar-refractivity contribution in [3.05, 3.63) is 42.7 Å². The number of hydrogen-bond donors (Lipinski definition) is 1. The Morgan fingerprint density at radius 1 is 1.38 bits per heavy atom. The van der Waals surface area contributed by atoms with Crippen LogP contribution in [0, 0.1) is 0 Å². The van der Waals surface area contributed by atoms with Gasteiger partial charge in [-0.2, -0.15) is 11.3 Å². The highest BCUT2D eigenvalue weighted by molar-refractivity contribution is 7.20. The summed E-state index contributed by atoms with van der Waals surface area (Å²) in [7, 11) is 0. The summed E-state index contributed by atoms with van der Waals surface area (Å²) in [4.78, 5) is 0. The molecule has 2 heterocycles. The second kappa shape index (κ2) is 5.52. The van der Waals surface area contributed by atoms with Gasteiger partial charge >= 0.3 is 0 Å². The lowest BCUT2D eigenvalue weighted by Gasteiger charge is -2.08. The van der Waals surface area contributed by atoms with Crippen LogP contribution < -0.4 is 0 Å². The summed E-state index contributed by atoms with van der Waals surface area (Å²) in [5, 5.41) is 14.1. The second-order valence-corrected chi connectivity index (χ2v) is 6.53. The van der Waals surface area contributed by atoms with E-state index in [1.54, 1.807) is 17.4 Å². The number of rotatable bonds is 4. The van der Waals surface area contributed by atoms with Gasteiger partial charge in [-0.1, -0.05) is 23.2 Å². The Kier molecular flexibility index (Phi) is 4.27. The molecular formula is C11H10Cl2OS2.